The van der Waals surface area contributed by atoms with Crippen LogP contribution in [0.1, 0.15) is 16.3 Å². The summed E-state index contributed by atoms with van der Waals surface area (Å²) < 4.78 is 67.4. The second kappa shape index (κ2) is 8.57. The van der Waals surface area contributed by atoms with E-state index in [1.54, 1.807) is 0 Å². The zero-order chi connectivity index (χ0) is 18.8. The molecule has 1 aliphatic rings. The monoisotopic (exact) mass is 420 g/mol. The van der Waals surface area contributed by atoms with E-state index in [0.29, 0.717) is 13.1 Å². The quantitative estimate of drug-likeness (QED) is 0.627. The van der Waals surface area contributed by atoms with E-state index >= 15 is 0 Å². The first-order chi connectivity index (χ1) is 11.5. The highest BCUT2D eigenvalue weighted by Gasteiger charge is 2.44. The number of carbonyl (C=O) groups is 1. The van der Waals surface area contributed by atoms with Gasteiger partial charge in [0, 0.05) is 38.8 Å². The molecule has 1 amide bonds. The SMILES string of the molecule is Cc1oc(C(=O)NCC(N2CCNCC2)C(F)(F)F)cc1S(N)(=O)=O.Cl. The highest BCUT2D eigenvalue weighted by molar-refractivity contribution is 7.89. The number of halogens is 4. The van der Waals surface area contributed by atoms with Gasteiger partial charge in [-0.05, 0) is 6.92 Å². The zero-order valence-corrected chi connectivity index (χ0v) is 15.4. The molecule has 150 valence electrons. The Hall–Kier alpha value is -1.34. The van der Waals surface area contributed by atoms with Crippen molar-refractivity contribution in [1.82, 2.24) is 15.5 Å². The highest BCUT2D eigenvalue weighted by atomic mass is 35.5. The maximum absolute atomic E-state index is 13.2. The number of hydrogen-bond acceptors (Lipinski definition) is 6. The van der Waals surface area contributed by atoms with Gasteiger partial charge in [0.2, 0.25) is 10.0 Å². The van der Waals surface area contributed by atoms with Crippen molar-refractivity contribution in [2.75, 3.05) is 32.7 Å². The van der Waals surface area contributed by atoms with Gasteiger partial charge < -0.3 is 15.1 Å². The van der Waals surface area contributed by atoms with Crippen LogP contribution in [0.3, 0.4) is 0 Å². The predicted molar refractivity (Wildman–Crippen MR) is 88.7 cm³/mol. The fourth-order valence-electron chi connectivity index (χ4n) is 2.58. The van der Waals surface area contributed by atoms with Crippen LogP contribution in [-0.4, -0.2) is 64.2 Å². The minimum absolute atomic E-state index is 0. The third kappa shape index (κ3) is 5.58. The number of rotatable bonds is 5. The summed E-state index contributed by atoms with van der Waals surface area (Å²) in [5.41, 5.74) is 0. The van der Waals surface area contributed by atoms with Crippen LogP contribution < -0.4 is 15.8 Å². The molecule has 26 heavy (non-hydrogen) atoms. The zero-order valence-electron chi connectivity index (χ0n) is 13.8. The van der Waals surface area contributed by atoms with E-state index in [0.717, 1.165) is 6.07 Å². The molecule has 8 nitrogen and oxygen atoms in total. The summed E-state index contributed by atoms with van der Waals surface area (Å²) >= 11 is 0. The molecule has 2 heterocycles. The van der Waals surface area contributed by atoms with E-state index in [1.807, 2.05) is 0 Å². The van der Waals surface area contributed by atoms with Crippen LogP contribution in [0.15, 0.2) is 15.4 Å². The Morgan fingerprint density at radius 2 is 2.00 bits per heavy atom. The molecule has 4 N–H and O–H groups in total. The van der Waals surface area contributed by atoms with Crippen molar-refractivity contribution in [3.05, 3.63) is 17.6 Å². The minimum Gasteiger partial charge on any atom is -0.455 e. The summed E-state index contributed by atoms with van der Waals surface area (Å²) in [4.78, 5) is 12.9. The Labute approximate surface area is 154 Å². The normalized spacial score (nSPS) is 17.4. The van der Waals surface area contributed by atoms with Crippen molar-refractivity contribution < 1.29 is 30.8 Å². The molecule has 1 fully saturated rings. The Morgan fingerprint density at radius 3 is 2.46 bits per heavy atom. The summed E-state index contributed by atoms with van der Waals surface area (Å²) in [6.45, 7) is 1.87. The largest absolute Gasteiger partial charge is 0.455 e. The molecule has 1 atom stereocenters. The first-order valence-corrected chi connectivity index (χ1v) is 8.97. The van der Waals surface area contributed by atoms with Crippen LogP contribution in [-0.2, 0) is 10.0 Å². The van der Waals surface area contributed by atoms with Gasteiger partial charge in [-0.25, -0.2) is 13.6 Å². The van der Waals surface area contributed by atoms with Crippen LogP contribution in [0.4, 0.5) is 13.2 Å². The van der Waals surface area contributed by atoms with Crippen molar-refractivity contribution in [2.45, 2.75) is 24.0 Å². The molecule has 0 aliphatic carbocycles. The molecule has 1 aliphatic heterocycles. The number of piperazine rings is 1. The molecule has 0 aromatic carbocycles. The molecule has 0 spiro atoms. The molecule has 1 saturated heterocycles. The average Bonchev–Trinajstić information content (AvgIpc) is 2.89. The lowest BCUT2D eigenvalue weighted by molar-refractivity contribution is -0.183. The highest BCUT2D eigenvalue weighted by Crippen LogP contribution is 2.25. The summed E-state index contributed by atoms with van der Waals surface area (Å²) in [6, 6.07) is -0.944. The van der Waals surface area contributed by atoms with E-state index in [-0.39, 0.29) is 36.2 Å². The molecular weight excluding hydrogens is 401 g/mol. The fraction of sp³-hybridized carbons (Fsp3) is 0.615. The Morgan fingerprint density at radius 1 is 1.42 bits per heavy atom. The summed E-state index contributed by atoms with van der Waals surface area (Å²) in [6.07, 6.45) is -4.52. The van der Waals surface area contributed by atoms with Gasteiger partial charge in [-0.15, -0.1) is 12.4 Å². The molecule has 0 saturated carbocycles. The minimum atomic E-state index is -4.52. The van der Waals surface area contributed by atoms with Gasteiger partial charge in [0.15, 0.2) is 5.76 Å². The second-order valence-electron chi connectivity index (χ2n) is 5.63. The number of alkyl halides is 3. The second-order valence-corrected chi connectivity index (χ2v) is 7.16. The Balaban J connectivity index is 0.00000338. The van der Waals surface area contributed by atoms with Gasteiger partial charge in [0.05, 0.1) is 0 Å². The van der Waals surface area contributed by atoms with Gasteiger partial charge in [-0.3, -0.25) is 9.69 Å². The Bertz CT molecular complexity index is 732. The maximum atomic E-state index is 13.2. The smallest absolute Gasteiger partial charge is 0.405 e. The van der Waals surface area contributed by atoms with E-state index in [1.165, 1.54) is 11.8 Å². The Kier molecular flexibility index (Phi) is 7.48. The van der Waals surface area contributed by atoms with Crippen LogP contribution >= 0.6 is 12.4 Å². The number of nitrogens with zero attached hydrogens (tertiary/aromatic N) is 1. The van der Waals surface area contributed by atoms with Gasteiger partial charge in [-0.2, -0.15) is 13.2 Å². The third-order valence-corrected chi connectivity index (χ3v) is 4.85. The van der Waals surface area contributed by atoms with Gasteiger partial charge in [0.1, 0.15) is 16.7 Å². The first kappa shape index (κ1) is 22.7. The molecule has 1 aromatic rings. The van der Waals surface area contributed by atoms with E-state index in [2.05, 4.69) is 10.6 Å². The number of carbonyl (C=O) groups excluding carboxylic acids is 1. The average molecular weight is 421 g/mol. The van der Waals surface area contributed by atoms with Gasteiger partial charge >= 0.3 is 6.18 Å². The van der Waals surface area contributed by atoms with Crippen molar-refractivity contribution in [1.29, 1.82) is 0 Å². The molecule has 1 aromatic heterocycles. The van der Waals surface area contributed by atoms with Crippen molar-refractivity contribution in [3.8, 4) is 0 Å². The third-order valence-electron chi connectivity index (χ3n) is 3.83. The van der Waals surface area contributed by atoms with Crippen molar-refractivity contribution in [2.24, 2.45) is 5.14 Å². The molecule has 1 unspecified atom stereocenters. The van der Waals surface area contributed by atoms with Gasteiger partial charge in [-0.1, -0.05) is 0 Å². The maximum Gasteiger partial charge on any atom is 0.405 e. The van der Waals surface area contributed by atoms with E-state index < -0.39 is 40.5 Å². The fourth-order valence-corrected chi connectivity index (χ4v) is 3.30. The summed E-state index contributed by atoms with van der Waals surface area (Å²) in [5, 5.41) is 10.1. The van der Waals surface area contributed by atoms with Crippen molar-refractivity contribution in [3.63, 3.8) is 0 Å². The first-order valence-electron chi connectivity index (χ1n) is 7.43. The van der Waals surface area contributed by atoms with Crippen LogP contribution in [0.5, 0.6) is 0 Å². The number of amides is 1. The number of aryl methyl sites for hydroxylation is 1. The molecule has 13 heteroatoms. The number of sulfonamides is 1. The summed E-state index contributed by atoms with van der Waals surface area (Å²) in [5.74, 6) is -1.47. The standard InChI is InChI=1S/C13H19F3N4O4S.ClH/c1-8-10(25(17,22)23)6-9(24-8)12(21)19-7-11(13(14,15)16)20-4-2-18-3-5-20;/h6,11,18H,2-5,7H2,1H3,(H,19,21)(H2,17,22,23);1H. The van der Waals surface area contributed by atoms with Crippen LogP contribution in [0.25, 0.3) is 0 Å². The van der Waals surface area contributed by atoms with E-state index in [9.17, 15) is 26.4 Å². The summed E-state index contributed by atoms with van der Waals surface area (Å²) in [7, 11) is -4.09. The van der Waals surface area contributed by atoms with Crippen LogP contribution in [0, 0.1) is 6.92 Å². The molecular formula is C13H20ClF3N4O4S. The van der Waals surface area contributed by atoms with Gasteiger partial charge in [0.25, 0.3) is 5.91 Å². The lowest BCUT2D eigenvalue weighted by Gasteiger charge is -2.35. The number of primary sulfonamides is 1. The number of nitrogens with one attached hydrogen (secondary N) is 2. The topological polar surface area (TPSA) is 118 Å². The molecule has 0 radical (unpaired) electrons. The molecule has 2 rings (SSSR count). The lowest BCUT2D eigenvalue weighted by Crippen LogP contribution is -2.57. The van der Waals surface area contributed by atoms with Crippen LogP contribution in [0.2, 0.25) is 0 Å². The number of nitrogens with two attached hydrogens (primary N) is 1. The van der Waals surface area contributed by atoms with Crippen molar-refractivity contribution >= 4 is 28.3 Å². The van der Waals surface area contributed by atoms with E-state index in [4.69, 9.17) is 9.56 Å². The number of furan rings is 1. The molecule has 0 bridgehead atoms. The number of hydrogen-bond donors (Lipinski definition) is 3. The predicted octanol–water partition coefficient (Wildman–Crippen LogP) is 0.223. The lowest BCUT2D eigenvalue weighted by atomic mass is 10.2.